The molecule has 0 radical (unpaired) electrons. The van der Waals surface area contributed by atoms with E-state index in [4.69, 9.17) is 9.05 Å². The molecule has 8 heteroatoms. The second-order valence-corrected chi connectivity index (χ2v) is 14.4. The van der Waals surface area contributed by atoms with Gasteiger partial charge in [-0.25, -0.2) is 0 Å². The smallest absolute Gasteiger partial charge is 0.317 e. The van der Waals surface area contributed by atoms with Crippen molar-refractivity contribution in [3.05, 3.63) is 183 Å². The van der Waals surface area contributed by atoms with Gasteiger partial charge in [0.1, 0.15) is 11.5 Å². The molecule has 0 atom stereocenters. The SMILES string of the molecule is C=Cc1ccc2c(-c3c(OP(n4cccc4)n4cccc4)ccc4cc(C=C)ccc34)c(OP(n3cccc3)n3cccc3)ccc2c1. The van der Waals surface area contributed by atoms with E-state index >= 15 is 0 Å². The van der Waals surface area contributed by atoms with Gasteiger partial charge in [0.25, 0.3) is 0 Å². The summed E-state index contributed by atoms with van der Waals surface area (Å²) in [5, 5.41) is 4.29. The molecule has 0 saturated heterocycles. The molecular weight excluding hydrogens is 630 g/mol. The van der Waals surface area contributed by atoms with Crippen molar-refractivity contribution in [3.63, 3.8) is 0 Å². The molecule has 8 rings (SSSR count). The van der Waals surface area contributed by atoms with Crippen LogP contribution in [0.5, 0.6) is 11.5 Å². The van der Waals surface area contributed by atoms with Crippen LogP contribution in [0, 0.1) is 0 Å². The summed E-state index contributed by atoms with van der Waals surface area (Å²) in [6, 6.07) is 37.6. The normalized spacial score (nSPS) is 11.5. The minimum Gasteiger partial charge on any atom is -0.435 e. The van der Waals surface area contributed by atoms with Crippen LogP contribution in [-0.4, -0.2) is 17.4 Å². The fourth-order valence-electron chi connectivity index (χ4n) is 5.94. The van der Waals surface area contributed by atoms with Crippen molar-refractivity contribution < 1.29 is 9.05 Å². The van der Waals surface area contributed by atoms with Crippen LogP contribution in [0.25, 0.3) is 44.8 Å². The van der Waals surface area contributed by atoms with Gasteiger partial charge < -0.3 is 9.05 Å². The van der Waals surface area contributed by atoms with E-state index < -0.39 is 16.9 Å². The lowest BCUT2D eigenvalue weighted by atomic mass is 9.91. The van der Waals surface area contributed by atoms with Crippen LogP contribution in [0.3, 0.4) is 0 Å². The van der Waals surface area contributed by atoms with Gasteiger partial charge in [-0.05, 0) is 105 Å². The Hall–Kier alpha value is -5.54. The molecule has 0 aliphatic heterocycles. The van der Waals surface area contributed by atoms with Crippen molar-refractivity contribution in [2.45, 2.75) is 0 Å². The highest BCUT2D eigenvalue weighted by atomic mass is 31.2. The summed E-state index contributed by atoms with van der Waals surface area (Å²) in [5.41, 5.74) is 4.05. The summed E-state index contributed by atoms with van der Waals surface area (Å²) in [6.45, 7) is 8.05. The molecule has 0 unspecified atom stereocenters. The molecule has 48 heavy (non-hydrogen) atoms. The van der Waals surface area contributed by atoms with Crippen LogP contribution in [0.15, 0.2) is 172 Å². The van der Waals surface area contributed by atoms with Crippen molar-refractivity contribution in [3.8, 4) is 22.6 Å². The van der Waals surface area contributed by atoms with Gasteiger partial charge in [-0.1, -0.05) is 61.7 Å². The molecule has 6 nitrogen and oxygen atoms in total. The van der Waals surface area contributed by atoms with Gasteiger partial charge in [0.2, 0.25) is 0 Å². The van der Waals surface area contributed by atoms with Crippen LogP contribution < -0.4 is 9.05 Å². The molecular formula is C40H32N4O2P2. The van der Waals surface area contributed by atoms with Gasteiger partial charge >= 0.3 is 16.9 Å². The average Bonchev–Trinajstić information content (AvgIpc) is 3.98. The molecule has 0 fully saturated rings. The number of rotatable bonds is 11. The summed E-state index contributed by atoms with van der Waals surface area (Å²) in [4.78, 5) is 0. The van der Waals surface area contributed by atoms with Crippen molar-refractivity contribution in [2.24, 2.45) is 0 Å². The number of fused-ring (bicyclic) bond motifs is 2. The molecule has 0 spiro atoms. The molecule has 0 bridgehead atoms. The predicted molar refractivity (Wildman–Crippen MR) is 201 cm³/mol. The van der Waals surface area contributed by atoms with E-state index in [0.717, 1.165) is 55.3 Å². The Balaban J connectivity index is 1.40. The Morgan fingerprint density at radius 3 is 1.08 bits per heavy atom. The maximum absolute atomic E-state index is 7.15. The Morgan fingerprint density at radius 1 is 0.438 bits per heavy atom. The lowest BCUT2D eigenvalue weighted by Gasteiger charge is -2.26. The lowest BCUT2D eigenvalue weighted by molar-refractivity contribution is 0.587. The van der Waals surface area contributed by atoms with E-state index in [1.165, 1.54) is 0 Å². The highest BCUT2D eigenvalue weighted by Gasteiger charge is 2.26. The molecule has 4 aromatic heterocycles. The first-order chi connectivity index (χ1) is 23.7. The van der Waals surface area contributed by atoms with Gasteiger partial charge in [0.15, 0.2) is 0 Å². The summed E-state index contributed by atoms with van der Waals surface area (Å²) in [6.07, 6.45) is 20.2. The highest BCUT2D eigenvalue weighted by Crippen LogP contribution is 2.53. The first-order valence-electron chi connectivity index (χ1n) is 15.6. The molecule has 234 valence electrons. The molecule has 0 N–H and O–H groups in total. The second kappa shape index (κ2) is 12.9. The highest BCUT2D eigenvalue weighted by molar-refractivity contribution is 7.50. The molecule has 0 saturated carbocycles. The maximum atomic E-state index is 7.15. The van der Waals surface area contributed by atoms with E-state index in [-0.39, 0.29) is 0 Å². The maximum Gasteiger partial charge on any atom is 0.317 e. The van der Waals surface area contributed by atoms with Crippen molar-refractivity contribution in [1.29, 1.82) is 0 Å². The summed E-state index contributed by atoms with van der Waals surface area (Å²) in [7, 11) is -2.60. The monoisotopic (exact) mass is 662 g/mol. The van der Waals surface area contributed by atoms with Crippen molar-refractivity contribution in [2.75, 3.05) is 0 Å². The Morgan fingerprint density at radius 2 is 0.771 bits per heavy atom. The van der Waals surface area contributed by atoms with Crippen LogP contribution >= 0.6 is 16.9 Å². The second-order valence-electron chi connectivity index (χ2n) is 11.2. The first kappa shape index (κ1) is 29.8. The zero-order valence-electron chi connectivity index (χ0n) is 26.1. The Bertz CT molecular complexity index is 2110. The first-order valence-corrected chi connectivity index (χ1v) is 17.9. The number of hydrogen-bond acceptors (Lipinski definition) is 2. The molecule has 4 heterocycles. The predicted octanol–water partition coefficient (Wildman–Crippen LogP) is 11.6. The Kier molecular flexibility index (Phi) is 8.03. The molecule has 0 amide bonds. The van der Waals surface area contributed by atoms with Crippen LogP contribution in [0.4, 0.5) is 0 Å². The van der Waals surface area contributed by atoms with Crippen LogP contribution in [0.1, 0.15) is 11.1 Å². The summed E-state index contributed by atoms with van der Waals surface area (Å²) < 4.78 is 22.8. The standard InChI is InChI=1S/C40H32N4O2P2/c1-3-31-13-17-35-33(29-31)15-19-37(45-47(41-21-5-6-22-41)42-23-7-8-24-42)39(35)40-36-18-14-32(4-2)30-34(36)16-20-38(40)46-48(43-25-9-10-26-43)44-27-11-12-28-44/h3-30H,1-2H2. The largest absolute Gasteiger partial charge is 0.435 e. The topological polar surface area (TPSA) is 38.2 Å². The summed E-state index contributed by atoms with van der Waals surface area (Å²) >= 11 is 0. The third kappa shape index (κ3) is 5.56. The van der Waals surface area contributed by atoms with Gasteiger partial charge in [-0.15, -0.1) is 0 Å². The molecule has 8 aromatic rings. The number of hydrogen-bond donors (Lipinski definition) is 0. The molecule has 0 aliphatic rings. The van der Waals surface area contributed by atoms with Crippen molar-refractivity contribution >= 4 is 50.6 Å². The van der Waals surface area contributed by atoms with E-state index in [0.29, 0.717) is 0 Å². The van der Waals surface area contributed by atoms with Gasteiger partial charge in [-0.3, -0.25) is 17.4 Å². The quantitative estimate of drug-likeness (QED) is 0.129. The van der Waals surface area contributed by atoms with Gasteiger partial charge in [0, 0.05) is 60.7 Å². The van der Waals surface area contributed by atoms with Gasteiger partial charge in [0.05, 0.1) is 0 Å². The number of nitrogens with zero attached hydrogens (tertiary/aromatic N) is 4. The van der Waals surface area contributed by atoms with E-state index in [1.807, 2.05) is 110 Å². The lowest BCUT2D eigenvalue weighted by Crippen LogP contribution is -2.06. The zero-order chi connectivity index (χ0) is 32.5. The third-order valence-electron chi connectivity index (χ3n) is 8.24. The van der Waals surface area contributed by atoms with Crippen molar-refractivity contribution in [1.82, 2.24) is 17.4 Å². The molecule has 4 aromatic carbocycles. The summed E-state index contributed by atoms with van der Waals surface area (Å²) in [5.74, 6) is 1.53. The Labute approximate surface area is 281 Å². The van der Waals surface area contributed by atoms with Gasteiger partial charge in [-0.2, -0.15) is 0 Å². The number of aromatic nitrogens is 4. The van der Waals surface area contributed by atoms with Crippen LogP contribution in [0.2, 0.25) is 0 Å². The fraction of sp³-hybridized carbons (Fsp3) is 0. The third-order valence-corrected chi connectivity index (χ3v) is 11.6. The van der Waals surface area contributed by atoms with E-state index in [2.05, 4.69) is 91.2 Å². The average molecular weight is 663 g/mol. The molecule has 0 aliphatic carbocycles. The van der Waals surface area contributed by atoms with Crippen LogP contribution in [-0.2, 0) is 0 Å². The number of benzene rings is 4. The minimum absolute atomic E-state index is 0.763. The van der Waals surface area contributed by atoms with E-state index in [9.17, 15) is 0 Å². The minimum atomic E-state index is -1.30. The fourth-order valence-corrected chi connectivity index (χ4v) is 8.98. The van der Waals surface area contributed by atoms with E-state index in [1.54, 1.807) is 0 Å². The zero-order valence-corrected chi connectivity index (χ0v) is 27.9.